The molecule has 550 valence electrons. The highest BCUT2D eigenvalue weighted by Gasteiger charge is 2.32. The van der Waals surface area contributed by atoms with E-state index in [1.165, 1.54) is 33.4 Å². The van der Waals surface area contributed by atoms with Crippen LogP contribution in [-0.2, 0) is 63.8 Å². The topological polar surface area (TPSA) is 95.1 Å². The maximum absolute atomic E-state index is 6.62. The van der Waals surface area contributed by atoms with Gasteiger partial charge in [-0.2, -0.15) is 0 Å². The number of nitrogens with one attached hydrogen (secondary N) is 1. The smallest absolute Gasteiger partial charge is 0.123 e. The molecule has 12 aromatic rings. The van der Waals surface area contributed by atoms with Gasteiger partial charge in [0.25, 0.3) is 0 Å². The first-order valence-electron chi connectivity index (χ1n) is 38.0. The summed E-state index contributed by atoms with van der Waals surface area (Å²) < 4.78 is 58.3. The Hall–Kier alpha value is -11.2. The van der Waals surface area contributed by atoms with Gasteiger partial charge in [0.1, 0.15) is 71.6 Å². The van der Waals surface area contributed by atoms with Gasteiger partial charge in [0.15, 0.2) is 0 Å². The van der Waals surface area contributed by atoms with Crippen molar-refractivity contribution in [1.29, 1.82) is 0 Å². The van der Waals surface area contributed by atoms with E-state index in [1.807, 2.05) is 32.3 Å². The Morgan fingerprint density at radius 1 is 0.206 bits per heavy atom. The number of benzene rings is 12. The van der Waals surface area contributed by atoms with Crippen molar-refractivity contribution in [1.82, 2.24) is 5.32 Å². The fourth-order valence-corrected chi connectivity index (χ4v) is 13.0. The molecule has 0 saturated carbocycles. The van der Waals surface area contributed by atoms with Crippen LogP contribution in [0.5, 0.6) is 51.7 Å². The molecule has 0 bridgehead atoms. The van der Waals surface area contributed by atoms with Crippen molar-refractivity contribution in [3.8, 4) is 51.7 Å². The summed E-state index contributed by atoms with van der Waals surface area (Å²) >= 11 is 0. The molecular formula is C97H103NO9. The fraction of sp³-hybridized carbons (Fsp3) is 0.258. The second kappa shape index (κ2) is 42.7. The van der Waals surface area contributed by atoms with E-state index in [0.717, 1.165) is 162 Å². The first-order chi connectivity index (χ1) is 52.8. The van der Waals surface area contributed by atoms with Crippen molar-refractivity contribution in [3.63, 3.8) is 0 Å². The van der Waals surface area contributed by atoms with Gasteiger partial charge in [-0.25, -0.2) is 0 Å². The molecule has 0 aliphatic carbocycles. The summed E-state index contributed by atoms with van der Waals surface area (Å²) in [6.07, 6.45) is 11.0. The van der Waals surface area contributed by atoms with Crippen LogP contribution in [0, 0.1) is 0 Å². The molecule has 0 aliphatic rings. The van der Waals surface area contributed by atoms with Crippen molar-refractivity contribution >= 4 is 0 Å². The summed E-state index contributed by atoms with van der Waals surface area (Å²) in [5.74, 6) is 6.81. The van der Waals surface area contributed by atoms with E-state index >= 15 is 0 Å². The van der Waals surface area contributed by atoms with Crippen molar-refractivity contribution in [2.24, 2.45) is 0 Å². The molecule has 0 atom stereocenters. The van der Waals surface area contributed by atoms with Crippen molar-refractivity contribution < 1.29 is 42.6 Å². The molecule has 0 unspecified atom stereocenters. The number of aryl methyl sites for hydroxylation is 6. The predicted octanol–water partition coefficient (Wildman–Crippen LogP) is 21.7. The second-order valence-electron chi connectivity index (χ2n) is 27.1. The number of hydrogen-bond donors (Lipinski definition) is 1. The molecule has 0 saturated heterocycles. The molecule has 0 fully saturated rings. The molecule has 107 heavy (non-hydrogen) atoms. The third-order valence-electron chi connectivity index (χ3n) is 18.7. The Balaban J connectivity index is 0.00000374. The zero-order valence-corrected chi connectivity index (χ0v) is 62.5. The van der Waals surface area contributed by atoms with Gasteiger partial charge in [-0.15, -0.1) is 0 Å². The molecule has 0 amide bonds. The summed E-state index contributed by atoms with van der Waals surface area (Å²) in [5, 5.41) is 2.75. The lowest BCUT2D eigenvalue weighted by molar-refractivity contribution is 0.286. The highest BCUT2D eigenvalue weighted by Crippen LogP contribution is 2.41. The van der Waals surface area contributed by atoms with Gasteiger partial charge in [-0.3, -0.25) is 0 Å². The molecule has 0 aromatic heterocycles. The van der Waals surface area contributed by atoms with Crippen LogP contribution in [0.3, 0.4) is 0 Å². The van der Waals surface area contributed by atoms with Gasteiger partial charge in [-0.1, -0.05) is 218 Å². The van der Waals surface area contributed by atoms with Gasteiger partial charge < -0.3 is 47.9 Å². The normalized spacial score (nSPS) is 11.0. The number of ether oxygens (including phenoxy) is 9. The summed E-state index contributed by atoms with van der Waals surface area (Å²) in [6.45, 7) is 6.75. The van der Waals surface area contributed by atoms with Crippen molar-refractivity contribution in [2.75, 3.05) is 53.7 Å². The van der Waals surface area contributed by atoms with E-state index in [9.17, 15) is 0 Å². The molecule has 0 aliphatic heterocycles. The van der Waals surface area contributed by atoms with Crippen LogP contribution in [0.2, 0.25) is 0 Å². The molecule has 0 heterocycles. The van der Waals surface area contributed by atoms with E-state index in [4.69, 9.17) is 42.6 Å². The summed E-state index contributed by atoms with van der Waals surface area (Å²) in [6, 6.07) is 107. The van der Waals surface area contributed by atoms with E-state index in [-0.39, 0.29) is 0 Å². The standard InChI is InChI=1S/C95H96O9.C2H7N/c1-95(83-44-50-86(51-45-83)102-71-80-62-89(96-56-20-38-74-26-8-2-9-27-74)68-90(63-80)97-57-21-39-75-28-10-3-11-29-75,84-46-52-87(53-47-84)103-72-81-64-91(98-58-22-40-76-30-12-4-13-31-76)69-92(65-81)99-59-23-41-77-32-14-5-15-33-77)85-48-54-88(55-49-85)104-73-82-66-93(100-60-24-42-78-34-16-6-17-35-78)70-94(67-82)101-61-25-43-79-36-18-7-19-37-79;1-3-2/h2-19,26-37,44-55,62-70H,20-25,38-43,56-61,71-73H2,1H3;3H,1-2H3. The minimum absolute atomic E-state index is 0.325. The van der Waals surface area contributed by atoms with E-state index < -0.39 is 5.41 Å². The Morgan fingerprint density at radius 3 is 0.561 bits per heavy atom. The molecule has 10 heteroatoms. The van der Waals surface area contributed by atoms with Crippen LogP contribution in [0.15, 0.2) is 309 Å². The molecule has 1 N–H and O–H groups in total. The van der Waals surface area contributed by atoms with E-state index in [2.05, 4.69) is 303 Å². The predicted molar refractivity (Wildman–Crippen MR) is 434 cm³/mol. The maximum atomic E-state index is 6.62. The van der Waals surface area contributed by atoms with Crippen LogP contribution in [-0.4, -0.2) is 53.7 Å². The zero-order chi connectivity index (χ0) is 73.6. The van der Waals surface area contributed by atoms with Crippen LogP contribution in [0.25, 0.3) is 0 Å². The average Bonchev–Trinajstić information content (AvgIpc) is 0.762. The molecule has 0 spiro atoms. The van der Waals surface area contributed by atoms with Gasteiger partial charge >= 0.3 is 0 Å². The largest absolute Gasteiger partial charge is 0.493 e. The Kier molecular flexibility index (Phi) is 30.7. The number of rotatable bonds is 42. The Morgan fingerprint density at radius 2 is 0.383 bits per heavy atom. The third kappa shape index (κ3) is 25.8. The van der Waals surface area contributed by atoms with Crippen molar-refractivity contribution in [2.45, 2.75) is 109 Å². The zero-order valence-electron chi connectivity index (χ0n) is 62.5. The first-order valence-corrected chi connectivity index (χ1v) is 38.0. The van der Waals surface area contributed by atoms with E-state index in [1.54, 1.807) is 0 Å². The van der Waals surface area contributed by atoms with Crippen molar-refractivity contribution in [3.05, 3.63) is 376 Å². The lowest BCUT2D eigenvalue weighted by Crippen LogP contribution is -2.25. The lowest BCUT2D eigenvalue weighted by Gasteiger charge is -2.32. The minimum atomic E-state index is -0.633. The van der Waals surface area contributed by atoms with Crippen LogP contribution >= 0.6 is 0 Å². The number of hydrogen-bond acceptors (Lipinski definition) is 10. The van der Waals surface area contributed by atoms with Gasteiger partial charge in [0, 0.05) is 23.6 Å². The van der Waals surface area contributed by atoms with E-state index in [0.29, 0.717) is 59.5 Å². The molecule has 12 aromatic carbocycles. The van der Waals surface area contributed by atoms with Crippen LogP contribution in [0.4, 0.5) is 0 Å². The van der Waals surface area contributed by atoms with Gasteiger partial charge in [0.2, 0.25) is 0 Å². The first kappa shape index (κ1) is 76.9. The van der Waals surface area contributed by atoms with Gasteiger partial charge in [-0.05, 0) is 238 Å². The highest BCUT2D eigenvalue weighted by atomic mass is 16.5. The minimum Gasteiger partial charge on any atom is -0.493 e. The SMILES string of the molecule is CC(c1ccc(OCc2cc(OCCCc3ccccc3)cc(OCCCc3ccccc3)c2)cc1)(c1ccc(OCc2cc(OCCCc3ccccc3)cc(OCCCc3ccccc3)c2)cc1)c1ccc(OCc2cc(OCCCc3ccccc3)cc(OCCCc3ccccc3)c2)cc1.CNC. The van der Waals surface area contributed by atoms with Gasteiger partial charge in [0.05, 0.1) is 39.6 Å². The molecular weight excluding hydrogens is 1320 g/mol. The monoisotopic (exact) mass is 1430 g/mol. The lowest BCUT2D eigenvalue weighted by atomic mass is 9.71. The summed E-state index contributed by atoms with van der Waals surface area (Å²) in [5.41, 5.74) is 13.3. The van der Waals surface area contributed by atoms with Crippen LogP contribution in [0.1, 0.15) is 112 Å². The third-order valence-corrected chi connectivity index (χ3v) is 18.7. The second-order valence-corrected chi connectivity index (χ2v) is 27.1. The summed E-state index contributed by atoms with van der Waals surface area (Å²) in [7, 11) is 3.75. The Bertz CT molecular complexity index is 3800. The highest BCUT2D eigenvalue weighted by molar-refractivity contribution is 5.53. The molecule has 0 radical (unpaired) electrons. The Labute approximate surface area is 635 Å². The van der Waals surface area contributed by atoms with Crippen LogP contribution < -0.4 is 47.9 Å². The maximum Gasteiger partial charge on any atom is 0.123 e. The quantitative estimate of drug-likeness (QED) is 0.0294. The summed E-state index contributed by atoms with van der Waals surface area (Å²) in [4.78, 5) is 0. The average molecular weight is 1430 g/mol. The fourth-order valence-electron chi connectivity index (χ4n) is 13.0. The molecule has 10 nitrogen and oxygen atoms in total. The molecule has 12 rings (SSSR count).